The highest BCUT2D eigenvalue weighted by Gasteiger charge is 2.30. The smallest absolute Gasteiger partial charge is 0.462 e. The van der Waals surface area contributed by atoms with E-state index in [1.807, 2.05) is 0 Å². The van der Waals surface area contributed by atoms with Gasteiger partial charge in [-0.1, -0.05) is 330 Å². The van der Waals surface area contributed by atoms with E-state index in [1.54, 1.807) is 0 Å². The molecule has 0 rings (SSSR count). The minimum absolute atomic E-state index is 0.107. The van der Waals surface area contributed by atoms with Gasteiger partial charge < -0.3 is 33.8 Å². The third kappa shape index (κ3) is 68.4. The number of phosphoric ester groups is 2. The molecule has 0 saturated carbocycles. The average Bonchev–Trinajstić information content (AvgIpc) is 3.67. The van der Waals surface area contributed by atoms with Gasteiger partial charge in [-0.25, -0.2) is 9.13 Å². The van der Waals surface area contributed by atoms with Crippen molar-refractivity contribution in [3.63, 3.8) is 0 Å². The van der Waals surface area contributed by atoms with Gasteiger partial charge in [0.1, 0.15) is 19.3 Å². The zero-order chi connectivity index (χ0) is 68.6. The average molecular weight is 1370 g/mol. The number of phosphoric acid groups is 2. The number of rotatable bonds is 73. The lowest BCUT2D eigenvalue weighted by Gasteiger charge is -2.21. The SMILES string of the molecule is CCCCCCCCCCCCCCCC(=O)O[C@H](COC(=O)CCCCCCCCC)COP(=O)(O)OC[C@H](O)COP(=O)(O)OC[C@@H](COC(=O)CCCCCCCCCCCCCCC(C)C)OC(=O)CCCCCCCCCCCCCCCCCC(C)C. The maximum absolute atomic E-state index is 13.1. The van der Waals surface area contributed by atoms with E-state index in [-0.39, 0.29) is 25.7 Å². The van der Waals surface area contributed by atoms with Crippen molar-refractivity contribution in [3.05, 3.63) is 0 Å². The number of ether oxygens (including phenoxy) is 4. The predicted octanol–water partition coefficient (Wildman–Crippen LogP) is 21.6. The van der Waals surface area contributed by atoms with Crippen LogP contribution in [0.4, 0.5) is 0 Å². The first-order valence-electron chi connectivity index (χ1n) is 38.5. The Morgan fingerprint density at radius 2 is 0.495 bits per heavy atom. The van der Waals surface area contributed by atoms with Crippen LogP contribution in [0.5, 0.6) is 0 Å². The van der Waals surface area contributed by atoms with Crippen LogP contribution in [0.1, 0.15) is 382 Å². The quantitative estimate of drug-likeness (QED) is 0.0222. The molecule has 17 nitrogen and oxygen atoms in total. The second-order valence-corrected chi connectivity index (χ2v) is 30.5. The molecule has 0 fully saturated rings. The summed E-state index contributed by atoms with van der Waals surface area (Å²) < 4.78 is 68.4. The van der Waals surface area contributed by atoms with Crippen molar-refractivity contribution in [2.75, 3.05) is 39.6 Å². The summed E-state index contributed by atoms with van der Waals surface area (Å²) in [6.45, 7) is 9.58. The first-order chi connectivity index (χ1) is 44.9. The summed E-state index contributed by atoms with van der Waals surface area (Å²) in [5.41, 5.74) is 0. The molecule has 0 heterocycles. The van der Waals surface area contributed by atoms with Crippen molar-refractivity contribution in [1.29, 1.82) is 0 Å². The summed E-state index contributed by atoms with van der Waals surface area (Å²) >= 11 is 0. The molecule has 19 heteroatoms. The van der Waals surface area contributed by atoms with Gasteiger partial charge in [0.2, 0.25) is 0 Å². The standard InChI is InChI=1S/C74H144O17P2/c1-7-9-11-13-15-16-17-21-29-34-40-46-52-58-73(78)90-69(62-84-71(76)56-50-44-36-14-12-10-8-2)64-88-92(80,81)86-60-68(75)61-87-93(82,83)89-65-70(63-85-72(77)57-51-45-39-33-28-25-24-27-32-38-43-49-55-67(5)6)91-74(79)59-53-47-41-35-30-23-20-18-19-22-26-31-37-42-48-54-66(3)4/h66-70,75H,7-65H2,1-6H3,(H,80,81)(H,82,83)/t68-,69+,70+/m0/s1. The molecule has 93 heavy (non-hydrogen) atoms. The molecular formula is C74H144O17P2. The monoisotopic (exact) mass is 1370 g/mol. The fraction of sp³-hybridized carbons (Fsp3) is 0.946. The normalized spacial score (nSPS) is 14.1. The van der Waals surface area contributed by atoms with Crippen molar-refractivity contribution in [1.82, 2.24) is 0 Å². The van der Waals surface area contributed by atoms with E-state index in [9.17, 15) is 43.2 Å². The number of aliphatic hydroxyl groups is 1. The zero-order valence-electron chi connectivity index (χ0n) is 60.6. The zero-order valence-corrected chi connectivity index (χ0v) is 62.3. The predicted molar refractivity (Wildman–Crippen MR) is 377 cm³/mol. The fourth-order valence-corrected chi connectivity index (χ4v) is 12.9. The van der Waals surface area contributed by atoms with Gasteiger partial charge in [-0.3, -0.25) is 37.3 Å². The van der Waals surface area contributed by atoms with Crippen LogP contribution in [0.3, 0.4) is 0 Å². The van der Waals surface area contributed by atoms with E-state index in [0.29, 0.717) is 25.7 Å². The van der Waals surface area contributed by atoms with E-state index >= 15 is 0 Å². The van der Waals surface area contributed by atoms with Crippen LogP contribution in [-0.4, -0.2) is 96.7 Å². The molecule has 0 aliphatic heterocycles. The van der Waals surface area contributed by atoms with E-state index in [1.165, 1.54) is 186 Å². The van der Waals surface area contributed by atoms with Crippen LogP contribution >= 0.6 is 15.6 Å². The van der Waals surface area contributed by atoms with Crippen LogP contribution in [0.2, 0.25) is 0 Å². The number of carbonyl (C=O) groups is 4. The number of hydrogen-bond acceptors (Lipinski definition) is 15. The molecule has 0 radical (unpaired) electrons. The lowest BCUT2D eigenvalue weighted by molar-refractivity contribution is -0.161. The first-order valence-corrected chi connectivity index (χ1v) is 41.5. The van der Waals surface area contributed by atoms with E-state index < -0.39 is 97.5 Å². The number of esters is 4. The second kappa shape index (κ2) is 66.0. The molecule has 0 aromatic carbocycles. The summed E-state index contributed by atoms with van der Waals surface area (Å²) in [6, 6.07) is 0. The molecule has 0 saturated heterocycles. The van der Waals surface area contributed by atoms with Crippen molar-refractivity contribution in [3.8, 4) is 0 Å². The molecule has 3 N–H and O–H groups in total. The van der Waals surface area contributed by atoms with E-state index in [4.69, 9.17) is 37.0 Å². The lowest BCUT2D eigenvalue weighted by Crippen LogP contribution is -2.30. The molecule has 2 unspecified atom stereocenters. The minimum Gasteiger partial charge on any atom is -0.462 e. The Morgan fingerprint density at radius 3 is 0.731 bits per heavy atom. The Balaban J connectivity index is 5.20. The van der Waals surface area contributed by atoms with Crippen LogP contribution in [0.25, 0.3) is 0 Å². The molecule has 0 aromatic heterocycles. The Bertz CT molecular complexity index is 1800. The van der Waals surface area contributed by atoms with Crippen LogP contribution in [0.15, 0.2) is 0 Å². The van der Waals surface area contributed by atoms with Crippen molar-refractivity contribution in [2.45, 2.75) is 400 Å². The largest absolute Gasteiger partial charge is 0.472 e. The lowest BCUT2D eigenvalue weighted by atomic mass is 10.0. The molecule has 0 aliphatic rings. The second-order valence-electron chi connectivity index (χ2n) is 27.6. The molecular weight excluding hydrogens is 1220 g/mol. The third-order valence-electron chi connectivity index (χ3n) is 17.2. The van der Waals surface area contributed by atoms with Crippen molar-refractivity contribution >= 4 is 39.5 Å². The third-order valence-corrected chi connectivity index (χ3v) is 19.1. The summed E-state index contributed by atoms with van der Waals surface area (Å²) in [6.07, 6.45) is 52.8. The van der Waals surface area contributed by atoms with Crippen LogP contribution in [-0.2, 0) is 65.4 Å². The Hall–Kier alpha value is -1.94. The van der Waals surface area contributed by atoms with Gasteiger partial charge in [0.25, 0.3) is 0 Å². The number of carbonyl (C=O) groups excluding carboxylic acids is 4. The summed E-state index contributed by atoms with van der Waals surface area (Å²) in [4.78, 5) is 72.6. The molecule has 0 amide bonds. The molecule has 0 aromatic rings. The summed E-state index contributed by atoms with van der Waals surface area (Å²) in [7, 11) is -9.90. The first kappa shape index (κ1) is 91.1. The maximum atomic E-state index is 13.1. The van der Waals surface area contributed by atoms with Crippen molar-refractivity contribution < 1.29 is 80.2 Å². The van der Waals surface area contributed by atoms with Gasteiger partial charge >= 0.3 is 39.5 Å². The van der Waals surface area contributed by atoms with Gasteiger partial charge in [0.05, 0.1) is 26.4 Å². The van der Waals surface area contributed by atoms with Crippen molar-refractivity contribution in [2.24, 2.45) is 11.8 Å². The van der Waals surface area contributed by atoms with E-state index in [0.717, 1.165) is 115 Å². The van der Waals surface area contributed by atoms with Gasteiger partial charge in [-0.05, 0) is 37.5 Å². The van der Waals surface area contributed by atoms with Gasteiger partial charge in [-0.2, -0.15) is 0 Å². The number of aliphatic hydroxyl groups excluding tert-OH is 1. The summed E-state index contributed by atoms with van der Waals surface area (Å²) in [5.74, 6) is -0.537. The molecule has 552 valence electrons. The number of hydrogen-bond donors (Lipinski definition) is 3. The fourth-order valence-electron chi connectivity index (χ4n) is 11.3. The molecule has 0 bridgehead atoms. The molecule has 0 aliphatic carbocycles. The maximum Gasteiger partial charge on any atom is 0.472 e. The van der Waals surface area contributed by atoms with Crippen LogP contribution < -0.4 is 0 Å². The van der Waals surface area contributed by atoms with Gasteiger partial charge in [0.15, 0.2) is 12.2 Å². The highest BCUT2D eigenvalue weighted by molar-refractivity contribution is 7.47. The Kier molecular flexibility index (Phi) is 64.6. The minimum atomic E-state index is -4.95. The highest BCUT2D eigenvalue weighted by atomic mass is 31.2. The van der Waals surface area contributed by atoms with Crippen LogP contribution in [0, 0.1) is 11.8 Å². The summed E-state index contributed by atoms with van der Waals surface area (Å²) in [5, 5.41) is 10.6. The van der Waals surface area contributed by atoms with Gasteiger partial charge in [-0.15, -0.1) is 0 Å². The topological polar surface area (TPSA) is 237 Å². The Morgan fingerprint density at radius 1 is 0.290 bits per heavy atom. The Labute approximate surface area is 568 Å². The molecule has 0 spiro atoms. The molecule has 5 atom stereocenters. The van der Waals surface area contributed by atoms with Gasteiger partial charge in [0, 0.05) is 25.7 Å². The highest BCUT2D eigenvalue weighted by Crippen LogP contribution is 2.45. The number of unbranched alkanes of at least 4 members (excludes halogenated alkanes) is 43. The van der Waals surface area contributed by atoms with E-state index in [2.05, 4.69) is 41.5 Å².